The summed E-state index contributed by atoms with van der Waals surface area (Å²) in [4.78, 5) is 19.5. The van der Waals surface area contributed by atoms with E-state index in [1.165, 1.54) is 0 Å². The van der Waals surface area contributed by atoms with E-state index in [-0.39, 0.29) is 5.75 Å². The van der Waals surface area contributed by atoms with E-state index in [9.17, 15) is 14.9 Å². The van der Waals surface area contributed by atoms with Crippen LogP contribution >= 0.6 is 12.6 Å². The highest BCUT2D eigenvalue weighted by Gasteiger charge is 2.07. The number of nitrogens with zero attached hydrogens (tertiary/aromatic N) is 1. The SMILES string of the molecule is O=C[C@H](CS)N[N+](=O)[O-]. The molecule has 0 fully saturated rings. The van der Waals surface area contributed by atoms with Gasteiger partial charge in [-0.15, -0.1) is 5.43 Å². The van der Waals surface area contributed by atoms with E-state index in [2.05, 4.69) is 12.6 Å². The van der Waals surface area contributed by atoms with Crippen molar-refractivity contribution in [3.05, 3.63) is 10.1 Å². The van der Waals surface area contributed by atoms with Crippen molar-refractivity contribution in [1.29, 1.82) is 0 Å². The second-order valence-corrected chi connectivity index (χ2v) is 1.68. The van der Waals surface area contributed by atoms with Crippen LogP contribution < -0.4 is 5.43 Å². The number of aldehydes is 1. The summed E-state index contributed by atoms with van der Waals surface area (Å²) in [5.74, 6) is 0.129. The molecule has 5 nitrogen and oxygen atoms in total. The average Bonchev–Trinajstić information content (AvgIpc) is 1.82. The molecule has 52 valence electrons. The minimum atomic E-state index is -0.789. The molecule has 0 aliphatic carbocycles. The molecule has 0 unspecified atom stereocenters. The van der Waals surface area contributed by atoms with Gasteiger partial charge in [0.25, 0.3) is 0 Å². The zero-order valence-corrected chi connectivity index (χ0v) is 5.38. The van der Waals surface area contributed by atoms with Gasteiger partial charge in [0.1, 0.15) is 6.29 Å². The number of hydrogen-bond donors (Lipinski definition) is 2. The van der Waals surface area contributed by atoms with Crippen LogP contribution in [0.5, 0.6) is 0 Å². The van der Waals surface area contributed by atoms with E-state index in [1.54, 1.807) is 5.43 Å². The maximum Gasteiger partial charge on any atom is 0.158 e. The van der Waals surface area contributed by atoms with Crippen molar-refractivity contribution in [2.75, 3.05) is 5.75 Å². The number of nitrogens with one attached hydrogen (secondary N) is 1. The van der Waals surface area contributed by atoms with E-state index >= 15 is 0 Å². The van der Waals surface area contributed by atoms with Crippen molar-refractivity contribution in [3.63, 3.8) is 0 Å². The molecule has 0 saturated carbocycles. The Morgan fingerprint density at radius 1 is 1.89 bits per heavy atom. The number of carbonyl (C=O) groups excluding carboxylic acids is 1. The number of hydrogen-bond acceptors (Lipinski definition) is 4. The average molecular weight is 150 g/mol. The van der Waals surface area contributed by atoms with Gasteiger partial charge in [-0.05, 0) is 0 Å². The van der Waals surface area contributed by atoms with Gasteiger partial charge in [0.2, 0.25) is 0 Å². The Morgan fingerprint density at radius 2 is 2.44 bits per heavy atom. The van der Waals surface area contributed by atoms with Crippen LogP contribution in [0.2, 0.25) is 0 Å². The van der Waals surface area contributed by atoms with Crippen LogP contribution in [0.25, 0.3) is 0 Å². The van der Waals surface area contributed by atoms with Crippen LogP contribution in [-0.4, -0.2) is 23.1 Å². The first kappa shape index (κ1) is 8.22. The maximum absolute atomic E-state index is 9.86. The maximum atomic E-state index is 9.86. The fraction of sp³-hybridized carbons (Fsp3) is 0.667. The van der Waals surface area contributed by atoms with Crippen molar-refractivity contribution in [2.45, 2.75) is 6.04 Å². The molecule has 0 bridgehead atoms. The van der Waals surface area contributed by atoms with Crippen molar-refractivity contribution >= 4 is 18.9 Å². The lowest BCUT2D eigenvalue weighted by molar-refractivity contribution is -0.547. The summed E-state index contributed by atoms with van der Waals surface area (Å²) in [6, 6.07) is -0.789. The molecule has 6 heteroatoms. The first-order valence-electron chi connectivity index (χ1n) is 2.17. The molecule has 9 heavy (non-hydrogen) atoms. The van der Waals surface area contributed by atoms with Gasteiger partial charge in [0.15, 0.2) is 11.1 Å². The van der Waals surface area contributed by atoms with Crippen LogP contribution in [0.3, 0.4) is 0 Å². The quantitative estimate of drug-likeness (QED) is 0.240. The van der Waals surface area contributed by atoms with Gasteiger partial charge in [-0.1, -0.05) is 0 Å². The van der Waals surface area contributed by atoms with Gasteiger partial charge in [-0.2, -0.15) is 12.6 Å². The topological polar surface area (TPSA) is 72.2 Å². The standard InChI is InChI=1S/C3H6N2O3S/c6-1-3(2-9)4-5(7)8/h1,3-4,9H,2H2/t3-/m1/s1. The molecule has 0 rings (SSSR count). The zero-order chi connectivity index (χ0) is 7.28. The Labute approximate surface area is 57.0 Å². The summed E-state index contributed by atoms with van der Waals surface area (Å²) in [6.45, 7) is 0. The molecule has 0 amide bonds. The van der Waals surface area contributed by atoms with Gasteiger partial charge in [-0.25, -0.2) is 10.1 Å². The summed E-state index contributed by atoms with van der Waals surface area (Å²) < 4.78 is 0. The van der Waals surface area contributed by atoms with Crippen LogP contribution in [-0.2, 0) is 4.79 Å². The fourth-order valence-electron chi connectivity index (χ4n) is 0.250. The lowest BCUT2D eigenvalue weighted by Crippen LogP contribution is -2.36. The van der Waals surface area contributed by atoms with Gasteiger partial charge >= 0.3 is 0 Å². The molecule has 0 spiro atoms. The lowest BCUT2D eigenvalue weighted by atomic mass is 10.4. The molecule has 0 aliphatic rings. The Bertz CT molecular complexity index is 118. The summed E-state index contributed by atoms with van der Waals surface area (Å²) >= 11 is 3.67. The molecule has 0 aromatic heterocycles. The van der Waals surface area contributed by atoms with Crippen molar-refractivity contribution in [2.24, 2.45) is 0 Å². The summed E-state index contributed by atoms with van der Waals surface area (Å²) in [5, 5.41) is 8.86. The Balaban J connectivity index is 3.55. The third-order valence-corrected chi connectivity index (χ3v) is 1.03. The van der Waals surface area contributed by atoms with Gasteiger partial charge in [0.05, 0.1) is 0 Å². The molecule has 1 N–H and O–H groups in total. The van der Waals surface area contributed by atoms with E-state index in [0.29, 0.717) is 6.29 Å². The first-order valence-corrected chi connectivity index (χ1v) is 2.80. The molecule has 0 aromatic carbocycles. The predicted octanol–water partition coefficient (Wildman–Crippen LogP) is -0.735. The number of nitro groups is 1. The van der Waals surface area contributed by atoms with E-state index in [0.717, 1.165) is 0 Å². The van der Waals surface area contributed by atoms with Crippen LogP contribution in [0, 0.1) is 10.1 Å². The molecule has 1 atom stereocenters. The van der Waals surface area contributed by atoms with E-state index in [1.807, 2.05) is 0 Å². The molecule has 0 aromatic rings. The summed E-state index contributed by atoms with van der Waals surface area (Å²) in [6.07, 6.45) is 0.440. The molecular weight excluding hydrogens is 144 g/mol. The van der Waals surface area contributed by atoms with Crippen LogP contribution in [0.1, 0.15) is 0 Å². The number of rotatable bonds is 4. The molecule has 0 heterocycles. The monoisotopic (exact) mass is 150 g/mol. The molecule has 0 saturated heterocycles. The Kier molecular flexibility index (Phi) is 3.78. The van der Waals surface area contributed by atoms with Crippen LogP contribution in [0.4, 0.5) is 0 Å². The second kappa shape index (κ2) is 4.13. The molecular formula is C3H6N2O3S. The highest BCUT2D eigenvalue weighted by molar-refractivity contribution is 7.80. The van der Waals surface area contributed by atoms with Gasteiger partial charge in [-0.3, -0.25) is 0 Å². The normalized spacial score (nSPS) is 12.1. The minimum Gasteiger partial charge on any atom is -0.301 e. The van der Waals surface area contributed by atoms with Gasteiger partial charge in [0, 0.05) is 5.75 Å². The number of carbonyl (C=O) groups is 1. The van der Waals surface area contributed by atoms with Gasteiger partial charge < -0.3 is 4.79 Å². The van der Waals surface area contributed by atoms with Crippen molar-refractivity contribution < 1.29 is 9.83 Å². The summed E-state index contributed by atoms with van der Waals surface area (Å²) in [5.41, 5.74) is 1.76. The van der Waals surface area contributed by atoms with E-state index in [4.69, 9.17) is 0 Å². The Morgan fingerprint density at radius 3 is 2.56 bits per heavy atom. The number of hydrazine groups is 1. The second-order valence-electron chi connectivity index (χ2n) is 1.31. The first-order chi connectivity index (χ1) is 4.20. The summed E-state index contributed by atoms with van der Waals surface area (Å²) in [7, 11) is 0. The smallest absolute Gasteiger partial charge is 0.158 e. The number of thiol groups is 1. The zero-order valence-electron chi connectivity index (χ0n) is 4.48. The minimum absolute atomic E-state index is 0.129. The van der Waals surface area contributed by atoms with E-state index < -0.39 is 11.1 Å². The van der Waals surface area contributed by atoms with Crippen molar-refractivity contribution in [1.82, 2.24) is 5.43 Å². The lowest BCUT2D eigenvalue weighted by Gasteiger charge is -1.99. The molecule has 0 radical (unpaired) electrons. The molecule has 0 aliphatic heterocycles. The van der Waals surface area contributed by atoms with Crippen molar-refractivity contribution in [3.8, 4) is 0 Å². The highest BCUT2D eigenvalue weighted by atomic mass is 32.1. The fourth-order valence-corrected chi connectivity index (χ4v) is 0.417. The third-order valence-electron chi connectivity index (χ3n) is 0.632. The largest absolute Gasteiger partial charge is 0.301 e. The predicted molar refractivity (Wildman–Crippen MR) is 33.8 cm³/mol. The third kappa shape index (κ3) is 3.77. The Hall–Kier alpha value is -0.780. The van der Waals surface area contributed by atoms with Crippen LogP contribution in [0.15, 0.2) is 0 Å². The highest BCUT2D eigenvalue weighted by Crippen LogP contribution is 1.80.